The van der Waals surface area contributed by atoms with E-state index in [1.165, 1.54) is 22.5 Å². The van der Waals surface area contributed by atoms with Crippen LogP contribution in [0.2, 0.25) is 5.02 Å². The molecule has 1 amide bonds. The summed E-state index contributed by atoms with van der Waals surface area (Å²) in [6, 6.07) is 17.7. The first-order valence-electron chi connectivity index (χ1n) is 9.94. The van der Waals surface area contributed by atoms with E-state index in [4.69, 9.17) is 11.6 Å². The Labute approximate surface area is 181 Å². The average Bonchev–Trinajstić information content (AvgIpc) is 2.74. The number of amides is 1. The predicted octanol–water partition coefficient (Wildman–Crippen LogP) is 5.17. The van der Waals surface area contributed by atoms with Gasteiger partial charge < -0.3 is 5.32 Å². The van der Waals surface area contributed by atoms with Crippen molar-refractivity contribution in [2.45, 2.75) is 24.7 Å². The third-order valence-corrected chi connectivity index (χ3v) is 7.79. The summed E-state index contributed by atoms with van der Waals surface area (Å²) in [6.07, 6.45) is 1.67. The highest BCUT2D eigenvalue weighted by atomic mass is 35.5. The van der Waals surface area contributed by atoms with Gasteiger partial charge in [-0.25, -0.2) is 8.42 Å². The summed E-state index contributed by atoms with van der Waals surface area (Å²) in [5.74, 6) is 0.0737. The van der Waals surface area contributed by atoms with Crippen LogP contribution in [-0.4, -0.2) is 31.7 Å². The molecule has 1 saturated heterocycles. The zero-order chi connectivity index (χ0) is 21.3. The normalized spacial score (nSPS) is 15.9. The van der Waals surface area contributed by atoms with E-state index >= 15 is 0 Å². The molecule has 0 atom stereocenters. The molecule has 0 radical (unpaired) electrons. The lowest BCUT2D eigenvalue weighted by atomic mass is 10.0. The maximum atomic E-state index is 13.0. The van der Waals surface area contributed by atoms with E-state index in [1.807, 2.05) is 42.5 Å². The van der Waals surface area contributed by atoms with E-state index < -0.39 is 15.9 Å². The number of halogens is 1. The van der Waals surface area contributed by atoms with Crippen LogP contribution in [0.1, 0.15) is 30.1 Å². The molecule has 156 valence electrons. The molecule has 7 heteroatoms. The second kappa shape index (κ2) is 8.38. The number of benzene rings is 3. The summed E-state index contributed by atoms with van der Waals surface area (Å²) in [5.41, 5.74) is 0.754. The second-order valence-electron chi connectivity index (χ2n) is 7.74. The topological polar surface area (TPSA) is 66.5 Å². The predicted molar refractivity (Wildman–Crippen MR) is 121 cm³/mol. The van der Waals surface area contributed by atoms with Crippen molar-refractivity contribution in [3.8, 4) is 0 Å². The summed E-state index contributed by atoms with van der Waals surface area (Å²) >= 11 is 6.24. The van der Waals surface area contributed by atoms with Crippen LogP contribution < -0.4 is 5.32 Å². The fourth-order valence-corrected chi connectivity index (χ4v) is 5.38. The van der Waals surface area contributed by atoms with E-state index in [0.717, 1.165) is 23.6 Å². The van der Waals surface area contributed by atoms with E-state index in [2.05, 4.69) is 12.2 Å². The monoisotopic (exact) mass is 442 g/mol. The zero-order valence-corrected chi connectivity index (χ0v) is 18.2. The largest absolute Gasteiger partial charge is 0.322 e. The highest BCUT2D eigenvalue weighted by molar-refractivity contribution is 7.89. The molecule has 0 unspecified atom stereocenters. The number of sulfonamides is 1. The number of carbonyl (C=O) groups is 1. The van der Waals surface area contributed by atoms with Gasteiger partial charge in [0.1, 0.15) is 0 Å². The summed E-state index contributed by atoms with van der Waals surface area (Å²) in [7, 11) is -3.67. The minimum Gasteiger partial charge on any atom is -0.322 e. The molecule has 30 heavy (non-hydrogen) atoms. The maximum Gasteiger partial charge on any atom is 0.257 e. The SMILES string of the molecule is CC1CCN(S(=O)(=O)c2ccc(Cl)c(C(=O)Nc3ccc4ccccc4c3)c2)CC1. The lowest BCUT2D eigenvalue weighted by Crippen LogP contribution is -2.37. The fraction of sp³-hybridized carbons (Fsp3) is 0.261. The minimum absolute atomic E-state index is 0.0881. The smallest absolute Gasteiger partial charge is 0.257 e. The number of rotatable bonds is 4. The van der Waals surface area contributed by atoms with E-state index in [-0.39, 0.29) is 15.5 Å². The lowest BCUT2D eigenvalue weighted by Gasteiger charge is -2.29. The van der Waals surface area contributed by atoms with Crippen LogP contribution in [0, 0.1) is 5.92 Å². The molecule has 4 rings (SSSR count). The first kappa shape index (κ1) is 20.8. The third kappa shape index (κ3) is 4.21. The molecular weight excluding hydrogens is 420 g/mol. The fourth-order valence-electron chi connectivity index (χ4n) is 3.68. The number of hydrogen-bond donors (Lipinski definition) is 1. The Morgan fingerprint density at radius 3 is 2.43 bits per heavy atom. The quantitative estimate of drug-likeness (QED) is 0.606. The lowest BCUT2D eigenvalue weighted by molar-refractivity contribution is 0.102. The van der Waals surface area contributed by atoms with Crippen molar-refractivity contribution < 1.29 is 13.2 Å². The standard InChI is InChI=1S/C23H23ClN2O3S/c1-16-10-12-26(13-11-16)30(28,29)20-8-9-22(24)21(15-20)23(27)25-19-7-6-17-4-2-3-5-18(17)14-19/h2-9,14-16H,10-13H2,1H3,(H,25,27). The molecular formula is C23H23ClN2O3S. The minimum atomic E-state index is -3.67. The van der Waals surface area contributed by atoms with Crippen molar-refractivity contribution >= 4 is 44.0 Å². The Bertz CT molecular complexity index is 1200. The number of nitrogens with zero attached hydrogens (tertiary/aromatic N) is 1. The Hall–Kier alpha value is -2.41. The number of hydrogen-bond acceptors (Lipinski definition) is 3. The van der Waals surface area contributed by atoms with Gasteiger partial charge in [-0.15, -0.1) is 0 Å². The summed E-state index contributed by atoms with van der Waals surface area (Å²) in [4.78, 5) is 13.0. The van der Waals surface area contributed by atoms with E-state index in [0.29, 0.717) is 24.7 Å². The highest BCUT2D eigenvalue weighted by Gasteiger charge is 2.29. The Kier molecular flexibility index (Phi) is 5.82. The van der Waals surface area contributed by atoms with E-state index in [9.17, 15) is 13.2 Å². The third-order valence-electron chi connectivity index (χ3n) is 5.57. The van der Waals surface area contributed by atoms with Gasteiger partial charge in [-0.2, -0.15) is 4.31 Å². The van der Waals surface area contributed by atoms with Gasteiger partial charge in [0.05, 0.1) is 15.5 Å². The first-order chi connectivity index (χ1) is 14.3. The molecule has 0 saturated carbocycles. The van der Waals surface area contributed by atoms with Crippen LogP contribution in [0.4, 0.5) is 5.69 Å². The van der Waals surface area contributed by atoms with Gasteiger partial charge in [0.2, 0.25) is 10.0 Å². The number of fused-ring (bicyclic) bond motifs is 1. The van der Waals surface area contributed by atoms with E-state index in [1.54, 1.807) is 0 Å². The molecule has 0 bridgehead atoms. The number of piperidine rings is 1. The Balaban J connectivity index is 1.59. The van der Waals surface area contributed by atoms with Gasteiger partial charge in [-0.3, -0.25) is 4.79 Å². The number of anilines is 1. The number of nitrogens with one attached hydrogen (secondary N) is 1. The van der Waals surface area contributed by atoms with Crippen LogP contribution in [0.3, 0.4) is 0 Å². The molecule has 0 aliphatic carbocycles. The Morgan fingerprint density at radius 1 is 1.00 bits per heavy atom. The van der Waals surface area contributed by atoms with Crippen LogP contribution in [-0.2, 0) is 10.0 Å². The van der Waals surface area contributed by atoms with Crippen molar-refractivity contribution in [1.82, 2.24) is 4.31 Å². The van der Waals surface area contributed by atoms with Crippen molar-refractivity contribution in [3.63, 3.8) is 0 Å². The first-order valence-corrected chi connectivity index (χ1v) is 11.8. The highest BCUT2D eigenvalue weighted by Crippen LogP contribution is 2.27. The summed E-state index contributed by atoms with van der Waals surface area (Å²) in [6.45, 7) is 3.11. The molecule has 1 N–H and O–H groups in total. The van der Waals surface area contributed by atoms with Gasteiger partial charge in [0.25, 0.3) is 5.91 Å². The second-order valence-corrected chi connectivity index (χ2v) is 10.1. The molecule has 1 fully saturated rings. The molecule has 1 aliphatic rings. The molecule has 3 aromatic carbocycles. The van der Waals surface area contributed by atoms with Gasteiger partial charge in [-0.1, -0.05) is 48.9 Å². The average molecular weight is 443 g/mol. The van der Waals surface area contributed by atoms with Gasteiger partial charge >= 0.3 is 0 Å². The molecule has 0 spiro atoms. The molecule has 5 nitrogen and oxygen atoms in total. The van der Waals surface area contributed by atoms with Gasteiger partial charge in [0.15, 0.2) is 0 Å². The molecule has 3 aromatic rings. The van der Waals surface area contributed by atoms with Crippen LogP contribution in [0.25, 0.3) is 10.8 Å². The summed E-state index contributed by atoms with van der Waals surface area (Å²) in [5, 5.41) is 5.10. The maximum absolute atomic E-state index is 13.0. The van der Waals surface area contributed by atoms with Crippen molar-refractivity contribution in [2.24, 2.45) is 5.92 Å². The van der Waals surface area contributed by atoms with Crippen molar-refractivity contribution in [3.05, 3.63) is 71.2 Å². The number of carbonyl (C=O) groups excluding carboxylic acids is 1. The van der Waals surface area contributed by atoms with Crippen LogP contribution in [0.5, 0.6) is 0 Å². The molecule has 1 aliphatic heterocycles. The molecule has 0 aromatic heterocycles. The molecule has 1 heterocycles. The summed E-state index contributed by atoms with van der Waals surface area (Å²) < 4.78 is 27.6. The van der Waals surface area contributed by atoms with Crippen molar-refractivity contribution in [1.29, 1.82) is 0 Å². The van der Waals surface area contributed by atoms with Crippen LogP contribution in [0.15, 0.2) is 65.6 Å². The Morgan fingerprint density at radius 2 is 1.70 bits per heavy atom. The van der Waals surface area contributed by atoms with Gasteiger partial charge in [-0.05, 0) is 59.9 Å². The van der Waals surface area contributed by atoms with Crippen LogP contribution >= 0.6 is 11.6 Å². The van der Waals surface area contributed by atoms with Crippen molar-refractivity contribution in [2.75, 3.05) is 18.4 Å². The zero-order valence-electron chi connectivity index (χ0n) is 16.6. The van der Waals surface area contributed by atoms with Gasteiger partial charge in [0, 0.05) is 18.8 Å².